The zero-order valence-corrected chi connectivity index (χ0v) is 15.7. The zero-order chi connectivity index (χ0) is 18.8. The molecule has 2 aromatic rings. The lowest BCUT2D eigenvalue weighted by molar-refractivity contribution is 0.0752. The normalized spacial score (nSPS) is 21.5. The van der Waals surface area contributed by atoms with Crippen LogP contribution in [0, 0.1) is 12.7 Å². The van der Waals surface area contributed by atoms with Crippen LogP contribution in [0.2, 0.25) is 0 Å². The van der Waals surface area contributed by atoms with Crippen molar-refractivity contribution in [1.82, 2.24) is 19.8 Å². The van der Waals surface area contributed by atoms with Crippen LogP contribution in [-0.2, 0) is 0 Å². The lowest BCUT2D eigenvalue weighted by atomic mass is 10.2. The van der Waals surface area contributed by atoms with Crippen molar-refractivity contribution >= 4 is 11.6 Å². The first kappa shape index (κ1) is 18.0. The van der Waals surface area contributed by atoms with Gasteiger partial charge in [-0.25, -0.2) is 9.37 Å². The highest BCUT2D eigenvalue weighted by Gasteiger charge is 2.30. The van der Waals surface area contributed by atoms with Gasteiger partial charge in [-0.2, -0.15) is 0 Å². The van der Waals surface area contributed by atoms with Crippen LogP contribution < -0.4 is 4.90 Å². The summed E-state index contributed by atoms with van der Waals surface area (Å²) in [6.45, 7) is 7.23. The van der Waals surface area contributed by atoms with Crippen LogP contribution >= 0.6 is 0 Å². The number of rotatable bonds is 3. The minimum atomic E-state index is -0.195. The van der Waals surface area contributed by atoms with Crippen molar-refractivity contribution in [3.05, 3.63) is 47.8 Å². The van der Waals surface area contributed by atoms with Crippen molar-refractivity contribution in [3.63, 3.8) is 0 Å². The highest BCUT2D eigenvalue weighted by Crippen LogP contribution is 2.24. The van der Waals surface area contributed by atoms with Crippen molar-refractivity contribution < 1.29 is 9.18 Å². The fourth-order valence-corrected chi connectivity index (χ4v) is 4.16. The van der Waals surface area contributed by atoms with E-state index in [1.165, 1.54) is 12.1 Å². The predicted molar refractivity (Wildman–Crippen MR) is 102 cm³/mol. The van der Waals surface area contributed by atoms with Crippen LogP contribution in [0.1, 0.15) is 29.0 Å². The number of hydrogen-bond acceptors (Lipinski definition) is 4. The first-order valence-corrected chi connectivity index (χ1v) is 9.65. The maximum absolute atomic E-state index is 13.1. The molecule has 1 aromatic heterocycles. The molecule has 2 aliphatic heterocycles. The number of benzene rings is 1. The number of nitrogens with zero attached hydrogens (tertiary/aromatic N) is 4. The monoisotopic (exact) mass is 371 g/mol. The summed E-state index contributed by atoms with van der Waals surface area (Å²) < 4.78 is 13.1. The number of amides is 1. The van der Waals surface area contributed by atoms with Crippen LogP contribution in [-0.4, -0.2) is 71.0 Å². The SMILES string of the molecule is Cc1[nH]cnc1C(=O)N1CCCN(C2CCN(c3ccc(F)cc3)C2)CC1. The molecule has 0 saturated carbocycles. The number of nitrogens with one attached hydrogen (secondary N) is 1. The minimum absolute atomic E-state index is 0.0231. The third-order valence-corrected chi connectivity index (χ3v) is 5.72. The Hall–Kier alpha value is -2.41. The summed E-state index contributed by atoms with van der Waals surface area (Å²) in [6.07, 6.45) is 3.65. The van der Waals surface area contributed by atoms with Gasteiger partial charge in [-0.1, -0.05) is 0 Å². The number of H-pyrrole nitrogens is 1. The fourth-order valence-electron chi connectivity index (χ4n) is 4.16. The van der Waals surface area contributed by atoms with E-state index in [-0.39, 0.29) is 11.7 Å². The van der Waals surface area contributed by atoms with E-state index < -0.39 is 0 Å². The van der Waals surface area contributed by atoms with Crippen LogP contribution in [0.4, 0.5) is 10.1 Å². The Labute approximate surface area is 159 Å². The zero-order valence-electron chi connectivity index (χ0n) is 15.7. The van der Waals surface area contributed by atoms with Crippen molar-refractivity contribution in [1.29, 1.82) is 0 Å². The maximum Gasteiger partial charge on any atom is 0.274 e. The van der Waals surface area contributed by atoms with E-state index in [0.29, 0.717) is 11.7 Å². The van der Waals surface area contributed by atoms with Crippen LogP contribution in [0.25, 0.3) is 0 Å². The van der Waals surface area contributed by atoms with Crippen molar-refractivity contribution in [2.75, 3.05) is 44.2 Å². The molecule has 2 saturated heterocycles. The highest BCUT2D eigenvalue weighted by molar-refractivity contribution is 5.93. The lowest BCUT2D eigenvalue weighted by Crippen LogP contribution is -2.41. The van der Waals surface area contributed by atoms with Gasteiger partial charge in [0.2, 0.25) is 0 Å². The molecule has 1 aromatic carbocycles. The average Bonchev–Trinajstić information content (AvgIpc) is 3.25. The molecule has 2 fully saturated rings. The summed E-state index contributed by atoms with van der Waals surface area (Å²) in [6, 6.07) is 7.24. The van der Waals surface area contributed by atoms with Gasteiger partial charge < -0.3 is 14.8 Å². The van der Waals surface area contributed by atoms with Gasteiger partial charge in [0.15, 0.2) is 0 Å². The van der Waals surface area contributed by atoms with Gasteiger partial charge in [0.1, 0.15) is 11.5 Å². The van der Waals surface area contributed by atoms with Gasteiger partial charge in [-0.05, 0) is 44.0 Å². The first-order chi connectivity index (χ1) is 13.1. The van der Waals surface area contributed by atoms with E-state index in [1.54, 1.807) is 6.33 Å². The number of aromatic amines is 1. The average molecular weight is 371 g/mol. The Balaban J connectivity index is 1.35. The molecule has 1 N–H and O–H groups in total. The molecule has 0 aliphatic carbocycles. The van der Waals surface area contributed by atoms with Crippen LogP contribution in [0.15, 0.2) is 30.6 Å². The molecule has 1 atom stereocenters. The maximum atomic E-state index is 13.1. The summed E-state index contributed by atoms with van der Waals surface area (Å²) >= 11 is 0. The minimum Gasteiger partial charge on any atom is -0.370 e. The van der Waals surface area contributed by atoms with E-state index >= 15 is 0 Å². The van der Waals surface area contributed by atoms with E-state index in [2.05, 4.69) is 19.8 Å². The predicted octanol–water partition coefficient (Wildman–Crippen LogP) is 2.28. The summed E-state index contributed by atoms with van der Waals surface area (Å²) in [4.78, 5) is 26.6. The standard InChI is InChI=1S/C20H26FN5O/c1-15-19(23-14-22-15)20(27)25-9-2-8-24(11-12-25)18-7-10-26(13-18)17-5-3-16(21)4-6-17/h3-6,14,18H,2,7-13H2,1H3,(H,22,23). The van der Waals surface area contributed by atoms with E-state index in [9.17, 15) is 9.18 Å². The highest BCUT2D eigenvalue weighted by atomic mass is 19.1. The number of carbonyl (C=O) groups is 1. The second kappa shape index (κ2) is 7.68. The molecule has 144 valence electrons. The number of anilines is 1. The molecule has 2 aliphatic rings. The Morgan fingerprint density at radius 1 is 1.15 bits per heavy atom. The molecule has 0 spiro atoms. The molecule has 1 unspecified atom stereocenters. The molecule has 4 rings (SSSR count). The Morgan fingerprint density at radius 3 is 2.70 bits per heavy atom. The van der Waals surface area contributed by atoms with Crippen LogP contribution in [0.5, 0.6) is 0 Å². The fraction of sp³-hybridized carbons (Fsp3) is 0.500. The Bertz CT molecular complexity index is 790. The first-order valence-electron chi connectivity index (χ1n) is 9.65. The molecule has 0 bridgehead atoms. The topological polar surface area (TPSA) is 55.5 Å². The summed E-state index contributed by atoms with van der Waals surface area (Å²) in [5.41, 5.74) is 2.44. The molecule has 27 heavy (non-hydrogen) atoms. The van der Waals surface area contributed by atoms with Crippen LogP contribution in [0.3, 0.4) is 0 Å². The summed E-state index contributed by atoms with van der Waals surface area (Å²) in [5, 5.41) is 0. The van der Waals surface area contributed by atoms with E-state index in [4.69, 9.17) is 0 Å². The summed E-state index contributed by atoms with van der Waals surface area (Å²) in [7, 11) is 0. The molecule has 3 heterocycles. The smallest absolute Gasteiger partial charge is 0.274 e. The van der Waals surface area contributed by atoms with E-state index in [1.807, 2.05) is 24.0 Å². The van der Waals surface area contributed by atoms with Gasteiger partial charge in [-0.3, -0.25) is 9.69 Å². The largest absolute Gasteiger partial charge is 0.370 e. The Morgan fingerprint density at radius 2 is 1.96 bits per heavy atom. The van der Waals surface area contributed by atoms with Gasteiger partial charge in [0, 0.05) is 56.7 Å². The lowest BCUT2D eigenvalue weighted by Gasteiger charge is -2.28. The third kappa shape index (κ3) is 3.83. The summed E-state index contributed by atoms with van der Waals surface area (Å²) in [5.74, 6) is -0.172. The number of carbonyl (C=O) groups excluding carboxylic acids is 1. The molecule has 1 amide bonds. The quantitative estimate of drug-likeness (QED) is 0.899. The van der Waals surface area contributed by atoms with E-state index in [0.717, 1.165) is 63.5 Å². The molecule has 6 nitrogen and oxygen atoms in total. The number of hydrogen-bond donors (Lipinski definition) is 1. The molecular weight excluding hydrogens is 345 g/mol. The number of aryl methyl sites for hydroxylation is 1. The number of halogens is 1. The number of aromatic nitrogens is 2. The second-order valence-electron chi connectivity index (χ2n) is 7.42. The van der Waals surface area contributed by atoms with Crippen molar-refractivity contribution in [2.24, 2.45) is 0 Å². The van der Waals surface area contributed by atoms with Crippen molar-refractivity contribution in [2.45, 2.75) is 25.8 Å². The molecule has 0 radical (unpaired) electrons. The van der Waals surface area contributed by atoms with Gasteiger partial charge in [0.25, 0.3) is 5.91 Å². The van der Waals surface area contributed by atoms with Crippen molar-refractivity contribution in [3.8, 4) is 0 Å². The third-order valence-electron chi connectivity index (χ3n) is 5.72. The second-order valence-corrected chi connectivity index (χ2v) is 7.42. The van der Waals surface area contributed by atoms with Gasteiger partial charge in [-0.15, -0.1) is 0 Å². The van der Waals surface area contributed by atoms with Gasteiger partial charge in [0.05, 0.1) is 6.33 Å². The van der Waals surface area contributed by atoms with Gasteiger partial charge >= 0.3 is 0 Å². The molecule has 7 heteroatoms. The number of imidazole rings is 1. The Kier molecular flexibility index (Phi) is 5.11. The molecular formula is C20H26FN5O.